The summed E-state index contributed by atoms with van der Waals surface area (Å²) < 4.78 is 21.3. The van der Waals surface area contributed by atoms with Gasteiger partial charge >= 0.3 is 0 Å². The van der Waals surface area contributed by atoms with Crippen molar-refractivity contribution >= 4 is 24.5 Å². The Morgan fingerprint density at radius 3 is 2.14 bits per heavy atom. The summed E-state index contributed by atoms with van der Waals surface area (Å²) >= 11 is 0. The van der Waals surface area contributed by atoms with Gasteiger partial charge < -0.3 is 4.43 Å². The second-order valence-corrected chi connectivity index (χ2v) is 13.9. The van der Waals surface area contributed by atoms with Crippen LogP contribution in [0.4, 0.5) is 4.39 Å². The molecule has 0 aliphatic carbocycles. The van der Waals surface area contributed by atoms with Crippen LogP contribution in [-0.4, -0.2) is 50.4 Å². The molecule has 3 nitrogen and oxygen atoms in total. The summed E-state index contributed by atoms with van der Waals surface area (Å²) in [6.07, 6.45) is -0.103. The molecule has 2 saturated heterocycles. The number of rotatable bonds is 5. The van der Waals surface area contributed by atoms with Gasteiger partial charge in [-0.15, -0.1) is 0 Å². The number of Topliss-reactive ketones (excluding diaryl/α,β-unsaturated/α-hetero) is 1. The van der Waals surface area contributed by atoms with Crippen molar-refractivity contribution in [3.8, 4) is 0 Å². The summed E-state index contributed by atoms with van der Waals surface area (Å²) in [5.41, 5.74) is -0.496. The minimum absolute atomic E-state index is 0.131. The Balaban J connectivity index is 1.78. The van der Waals surface area contributed by atoms with Crippen LogP contribution in [0.2, 0.25) is 5.04 Å². The predicted molar refractivity (Wildman–Crippen MR) is 117 cm³/mol. The lowest BCUT2D eigenvalue weighted by atomic mass is 9.94. The monoisotopic (exact) mass is 411 g/mol. The topological polar surface area (TPSA) is 29.5 Å². The summed E-state index contributed by atoms with van der Waals surface area (Å²) in [5, 5.41) is 2.29. The lowest BCUT2D eigenvalue weighted by Gasteiger charge is -2.45. The third-order valence-electron chi connectivity index (χ3n) is 6.56. The van der Waals surface area contributed by atoms with Gasteiger partial charge in [0.15, 0.2) is 0 Å². The Morgan fingerprint density at radius 1 is 1.07 bits per heavy atom. The molecule has 0 bridgehead atoms. The molecule has 0 aromatic heterocycles. The fraction of sp³-hybridized carbons (Fsp3) is 0.458. The first-order valence-corrected chi connectivity index (χ1v) is 12.3. The SMILES string of the molecule is CC(C)(C)[Si](OC[C@@]12CC(=O)CN1C[C@H](F)C2)(c1ccccc1)c1ccccc1. The molecular formula is C24H30FNO2Si. The molecule has 0 saturated carbocycles. The quantitative estimate of drug-likeness (QED) is 0.707. The predicted octanol–water partition coefficient (Wildman–Crippen LogP) is 3.32. The average Bonchev–Trinajstić information content (AvgIpc) is 3.13. The highest BCUT2D eigenvalue weighted by molar-refractivity contribution is 6.99. The van der Waals surface area contributed by atoms with Crippen molar-refractivity contribution in [2.45, 2.75) is 50.4 Å². The highest BCUT2D eigenvalue weighted by Crippen LogP contribution is 2.42. The summed E-state index contributed by atoms with van der Waals surface area (Å²) in [4.78, 5) is 14.2. The molecule has 0 radical (unpaired) electrons. The molecule has 0 N–H and O–H groups in total. The molecule has 29 heavy (non-hydrogen) atoms. The summed E-state index contributed by atoms with van der Waals surface area (Å²) in [6, 6.07) is 20.9. The number of nitrogens with zero attached hydrogens (tertiary/aromatic N) is 1. The summed E-state index contributed by atoms with van der Waals surface area (Å²) in [5.74, 6) is 0.197. The lowest BCUT2D eigenvalue weighted by Crippen LogP contribution is -2.68. The van der Waals surface area contributed by atoms with Gasteiger partial charge in [-0.05, 0) is 15.4 Å². The van der Waals surface area contributed by atoms with Crippen LogP contribution in [0, 0.1) is 0 Å². The van der Waals surface area contributed by atoms with Crippen molar-refractivity contribution in [1.82, 2.24) is 4.90 Å². The maximum atomic E-state index is 14.3. The van der Waals surface area contributed by atoms with Crippen molar-refractivity contribution in [3.63, 3.8) is 0 Å². The van der Waals surface area contributed by atoms with E-state index in [1.807, 2.05) is 17.0 Å². The average molecular weight is 412 g/mol. The van der Waals surface area contributed by atoms with E-state index in [9.17, 15) is 9.18 Å². The zero-order valence-electron chi connectivity index (χ0n) is 17.5. The number of halogens is 1. The van der Waals surface area contributed by atoms with E-state index < -0.39 is 20.0 Å². The normalized spacial score (nSPS) is 25.4. The summed E-state index contributed by atoms with van der Waals surface area (Å²) in [6.45, 7) is 7.80. The largest absolute Gasteiger partial charge is 0.406 e. The van der Waals surface area contributed by atoms with Crippen molar-refractivity contribution in [3.05, 3.63) is 60.7 Å². The smallest absolute Gasteiger partial charge is 0.261 e. The maximum absolute atomic E-state index is 14.3. The molecular weight excluding hydrogens is 381 g/mol. The zero-order chi connectivity index (χ0) is 20.7. The molecule has 2 aliphatic rings. The van der Waals surface area contributed by atoms with E-state index in [4.69, 9.17) is 4.43 Å². The van der Waals surface area contributed by atoms with Gasteiger partial charge in [0.1, 0.15) is 12.0 Å². The van der Waals surface area contributed by atoms with Crippen molar-refractivity contribution in [2.24, 2.45) is 0 Å². The highest BCUT2D eigenvalue weighted by Gasteiger charge is 2.56. The standard InChI is InChI=1S/C24H30FNO2Si/c1-23(2,3)29(21-10-6-4-7-11-21,22-12-8-5-9-13-22)28-18-24-14-19(25)16-26(24)17-20(27)15-24/h4-13,19H,14-18H2,1-3H3/t19-,24-/m1/s1. The van der Waals surface area contributed by atoms with Gasteiger partial charge in [-0.25, -0.2) is 4.39 Å². The van der Waals surface area contributed by atoms with Crippen LogP contribution in [0.5, 0.6) is 0 Å². The highest BCUT2D eigenvalue weighted by atomic mass is 28.4. The second-order valence-electron chi connectivity index (χ2n) is 9.57. The Hall–Kier alpha value is -1.82. The number of ketones is 1. The number of hydrogen-bond acceptors (Lipinski definition) is 3. The van der Waals surface area contributed by atoms with Gasteiger partial charge in [-0.1, -0.05) is 81.4 Å². The molecule has 0 unspecified atom stereocenters. The van der Waals surface area contributed by atoms with Gasteiger partial charge in [0.05, 0.1) is 18.7 Å². The fourth-order valence-electron chi connectivity index (χ4n) is 5.30. The van der Waals surface area contributed by atoms with Crippen LogP contribution in [0.25, 0.3) is 0 Å². The molecule has 2 aliphatic heterocycles. The van der Waals surface area contributed by atoms with Crippen LogP contribution in [0.1, 0.15) is 33.6 Å². The number of fused-ring (bicyclic) bond motifs is 1. The minimum atomic E-state index is -2.69. The Kier molecular flexibility index (Phi) is 5.26. The minimum Gasteiger partial charge on any atom is -0.406 e. The molecule has 154 valence electrons. The van der Waals surface area contributed by atoms with Crippen molar-refractivity contribution in [1.29, 1.82) is 0 Å². The van der Waals surface area contributed by atoms with Gasteiger partial charge in [0.2, 0.25) is 0 Å². The fourth-order valence-corrected chi connectivity index (χ4v) is 9.94. The molecule has 2 heterocycles. The van der Waals surface area contributed by atoms with E-state index in [0.717, 1.165) is 0 Å². The number of benzene rings is 2. The lowest BCUT2D eigenvalue weighted by molar-refractivity contribution is -0.117. The van der Waals surface area contributed by atoms with Crippen LogP contribution in [0.3, 0.4) is 0 Å². The van der Waals surface area contributed by atoms with E-state index in [-0.39, 0.29) is 10.8 Å². The van der Waals surface area contributed by atoms with E-state index in [1.165, 1.54) is 10.4 Å². The first kappa shape index (κ1) is 20.4. The third-order valence-corrected chi connectivity index (χ3v) is 11.5. The van der Waals surface area contributed by atoms with E-state index in [1.54, 1.807) is 0 Å². The van der Waals surface area contributed by atoms with Crippen LogP contribution in [0.15, 0.2) is 60.7 Å². The van der Waals surface area contributed by atoms with Gasteiger partial charge in [-0.3, -0.25) is 9.69 Å². The van der Waals surface area contributed by atoms with Crippen LogP contribution < -0.4 is 10.4 Å². The third kappa shape index (κ3) is 3.49. The van der Waals surface area contributed by atoms with Crippen LogP contribution >= 0.6 is 0 Å². The molecule has 5 heteroatoms. The van der Waals surface area contributed by atoms with E-state index in [0.29, 0.717) is 32.5 Å². The maximum Gasteiger partial charge on any atom is 0.261 e. The van der Waals surface area contributed by atoms with Crippen molar-refractivity contribution < 1.29 is 13.6 Å². The molecule has 4 rings (SSSR count). The second kappa shape index (κ2) is 7.46. The molecule has 2 aromatic rings. The first-order valence-electron chi connectivity index (χ1n) is 10.4. The zero-order valence-corrected chi connectivity index (χ0v) is 18.5. The Bertz CT molecular complexity index is 828. The number of carbonyl (C=O) groups excluding carboxylic acids is 1. The number of carbonyl (C=O) groups is 1. The Morgan fingerprint density at radius 2 is 1.62 bits per heavy atom. The number of alkyl halides is 1. The van der Waals surface area contributed by atoms with E-state index in [2.05, 4.69) is 69.3 Å². The summed E-state index contributed by atoms with van der Waals surface area (Å²) in [7, 11) is -2.69. The van der Waals surface area contributed by atoms with Gasteiger partial charge in [0.25, 0.3) is 8.32 Å². The Labute approximate surface area is 174 Å². The molecule has 0 spiro atoms. The molecule has 2 aromatic carbocycles. The van der Waals surface area contributed by atoms with Crippen LogP contribution in [-0.2, 0) is 9.22 Å². The first-order chi connectivity index (χ1) is 13.8. The van der Waals surface area contributed by atoms with Gasteiger partial charge in [-0.2, -0.15) is 0 Å². The molecule has 2 fully saturated rings. The van der Waals surface area contributed by atoms with Crippen molar-refractivity contribution in [2.75, 3.05) is 19.7 Å². The molecule has 2 atom stereocenters. The van der Waals surface area contributed by atoms with Gasteiger partial charge in [0, 0.05) is 19.4 Å². The van der Waals surface area contributed by atoms with E-state index >= 15 is 0 Å². The number of hydrogen-bond donors (Lipinski definition) is 0. The molecule has 0 amide bonds.